The lowest BCUT2D eigenvalue weighted by molar-refractivity contribution is -0.107. The van der Waals surface area contributed by atoms with Gasteiger partial charge in [-0.05, 0) is 38.0 Å². The Bertz CT molecular complexity index is 205. The summed E-state index contributed by atoms with van der Waals surface area (Å²) in [5.74, 6) is 0.850. The van der Waals surface area contributed by atoms with E-state index in [1.165, 1.54) is 44.9 Å². The molecule has 1 fully saturated rings. The van der Waals surface area contributed by atoms with Crippen molar-refractivity contribution in [2.24, 2.45) is 5.92 Å². The van der Waals surface area contributed by atoms with Gasteiger partial charge in [0, 0.05) is 6.42 Å². The fourth-order valence-electron chi connectivity index (χ4n) is 2.52. The van der Waals surface area contributed by atoms with Crippen molar-refractivity contribution in [1.29, 1.82) is 0 Å². The summed E-state index contributed by atoms with van der Waals surface area (Å²) >= 11 is 0. The van der Waals surface area contributed by atoms with Crippen LogP contribution < -0.4 is 0 Å². The fourth-order valence-corrected chi connectivity index (χ4v) is 2.52. The molecule has 1 aliphatic rings. The third kappa shape index (κ3) is 4.63. The molecule has 0 heterocycles. The first-order chi connectivity index (χ1) is 7.38. The lowest BCUT2D eigenvalue weighted by Gasteiger charge is -2.11. The van der Waals surface area contributed by atoms with Crippen LogP contribution >= 0.6 is 0 Å². The number of rotatable bonds is 7. The van der Waals surface area contributed by atoms with Gasteiger partial charge in [-0.2, -0.15) is 0 Å². The second kappa shape index (κ2) is 7.67. The molecular formula is C14H24O. The monoisotopic (exact) mass is 208 g/mol. The van der Waals surface area contributed by atoms with Crippen molar-refractivity contribution >= 4 is 6.29 Å². The Kier molecular flexibility index (Phi) is 6.38. The zero-order chi connectivity index (χ0) is 10.9. The van der Waals surface area contributed by atoms with E-state index < -0.39 is 0 Å². The average Bonchev–Trinajstić information content (AvgIpc) is 2.67. The first kappa shape index (κ1) is 12.5. The van der Waals surface area contributed by atoms with Crippen molar-refractivity contribution in [2.45, 2.75) is 64.7 Å². The number of hydrogen-bond acceptors (Lipinski definition) is 1. The molecule has 0 bridgehead atoms. The van der Waals surface area contributed by atoms with Crippen LogP contribution in [0.5, 0.6) is 0 Å². The van der Waals surface area contributed by atoms with Crippen LogP contribution in [-0.4, -0.2) is 6.29 Å². The maximum Gasteiger partial charge on any atom is 0.120 e. The average molecular weight is 208 g/mol. The van der Waals surface area contributed by atoms with E-state index in [1.807, 2.05) is 0 Å². The van der Waals surface area contributed by atoms with Gasteiger partial charge >= 0.3 is 0 Å². The molecule has 1 aliphatic carbocycles. The van der Waals surface area contributed by atoms with Gasteiger partial charge in [-0.25, -0.2) is 0 Å². The highest BCUT2D eigenvalue weighted by Gasteiger charge is 2.19. The molecule has 1 atom stereocenters. The Hall–Kier alpha value is -0.590. The zero-order valence-corrected chi connectivity index (χ0v) is 10.0. The van der Waals surface area contributed by atoms with Gasteiger partial charge < -0.3 is 4.79 Å². The third-order valence-corrected chi connectivity index (χ3v) is 3.39. The molecule has 1 nitrogen and oxygen atoms in total. The summed E-state index contributed by atoms with van der Waals surface area (Å²) in [4.78, 5) is 10.2. The molecule has 15 heavy (non-hydrogen) atoms. The smallest absolute Gasteiger partial charge is 0.120 e. The maximum atomic E-state index is 10.2. The van der Waals surface area contributed by atoms with E-state index in [-0.39, 0.29) is 0 Å². The highest BCUT2D eigenvalue weighted by Crippen LogP contribution is 2.35. The predicted octanol–water partition coefficient (Wildman–Crippen LogP) is 4.27. The Labute approximate surface area is 93.9 Å². The van der Waals surface area contributed by atoms with E-state index in [4.69, 9.17) is 0 Å². The van der Waals surface area contributed by atoms with Gasteiger partial charge in [-0.15, -0.1) is 0 Å². The fraction of sp³-hybridized carbons (Fsp3) is 0.786. The number of hydrogen-bond donors (Lipinski definition) is 0. The molecule has 0 aliphatic heterocycles. The zero-order valence-electron chi connectivity index (χ0n) is 10.0. The van der Waals surface area contributed by atoms with Crippen molar-refractivity contribution in [2.75, 3.05) is 0 Å². The van der Waals surface area contributed by atoms with E-state index in [9.17, 15) is 4.79 Å². The topological polar surface area (TPSA) is 17.1 Å². The standard InChI is InChI=1S/C14H24O/c1-2-3-4-8-13-10-7-11-14(13)9-5-6-12-15/h9,12-13H,2-8,10-11H2,1H3. The van der Waals surface area contributed by atoms with Gasteiger partial charge in [0.1, 0.15) is 6.29 Å². The number of carbonyl (C=O) groups excluding carboxylic acids is 1. The Morgan fingerprint density at radius 1 is 1.33 bits per heavy atom. The van der Waals surface area contributed by atoms with Crippen molar-refractivity contribution in [1.82, 2.24) is 0 Å². The van der Waals surface area contributed by atoms with Gasteiger partial charge in [0.15, 0.2) is 0 Å². The number of aldehydes is 1. The summed E-state index contributed by atoms with van der Waals surface area (Å²) < 4.78 is 0. The molecular weight excluding hydrogens is 184 g/mol. The van der Waals surface area contributed by atoms with Crippen LogP contribution in [0.4, 0.5) is 0 Å². The number of carbonyl (C=O) groups is 1. The SMILES string of the molecule is CCCCCC1CCCC1=CCCC=O. The van der Waals surface area contributed by atoms with Crippen LogP contribution in [0, 0.1) is 5.92 Å². The van der Waals surface area contributed by atoms with Gasteiger partial charge in [0.2, 0.25) is 0 Å². The first-order valence-corrected chi connectivity index (χ1v) is 6.51. The van der Waals surface area contributed by atoms with Crippen LogP contribution in [0.3, 0.4) is 0 Å². The lowest BCUT2D eigenvalue weighted by atomic mass is 9.95. The summed E-state index contributed by atoms with van der Waals surface area (Å²) in [6, 6.07) is 0. The molecule has 0 aromatic rings. The molecule has 0 aromatic carbocycles. The molecule has 1 rings (SSSR count). The minimum atomic E-state index is 0.700. The van der Waals surface area contributed by atoms with Gasteiger partial charge in [0.25, 0.3) is 0 Å². The molecule has 0 aromatic heterocycles. The summed E-state index contributed by atoms with van der Waals surface area (Å²) in [7, 11) is 0. The van der Waals surface area contributed by atoms with E-state index in [2.05, 4.69) is 13.0 Å². The highest BCUT2D eigenvalue weighted by atomic mass is 16.1. The lowest BCUT2D eigenvalue weighted by Crippen LogP contribution is -1.96. The molecule has 86 valence electrons. The van der Waals surface area contributed by atoms with Crippen molar-refractivity contribution in [3.05, 3.63) is 11.6 Å². The predicted molar refractivity (Wildman–Crippen MR) is 64.9 cm³/mol. The molecule has 1 heteroatoms. The van der Waals surface area contributed by atoms with Gasteiger partial charge in [-0.3, -0.25) is 0 Å². The van der Waals surface area contributed by atoms with Crippen LogP contribution in [0.25, 0.3) is 0 Å². The molecule has 1 saturated carbocycles. The quantitative estimate of drug-likeness (QED) is 0.347. The van der Waals surface area contributed by atoms with Crippen LogP contribution in [0.1, 0.15) is 64.7 Å². The molecule has 0 saturated heterocycles. The summed E-state index contributed by atoms with van der Waals surface area (Å²) in [5, 5.41) is 0. The van der Waals surface area contributed by atoms with Crippen LogP contribution in [0.15, 0.2) is 11.6 Å². The van der Waals surface area contributed by atoms with Gasteiger partial charge in [0.05, 0.1) is 0 Å². The van der Waals surface area contributed by atoms with Crippen molar-refractivity contribution in [3.8, 4) is 0 Å². The second-order valence-electron chi connectivity index (χ2n) is 4.61. The molecule has 0 amide bonds. The van der Waals surface area contributed by atoms with Crippen LogP contribution in [-0.2, 0) is 4.79 Å². The van der Waals surface area contributed by atoms with Crippen LogP contribution in [0.2, 0.25) is 0 Å². The Morgan fingerprint density at radius 2 is 2.20 bits per heavy atom. The normalized spacial score (nSPS) is 23.5. The van der Waals surface area contributed by atoms with E-state index in [0.717, 1.165) is 18.6 Å². The Morgan fingerprint density at radius 3 is 2.93 bits per heavy atom. The molecule has 0 N–H and O–H groups in total. The van der Waals surface area contributed by atoms with E-state index >= 15 is 0 Å². The second-order valence-corrected chi connectivity index (χ2v) is 4.61. The molecule has 1 unspecified atom stereocenters. The first-order valence-electron chi connectivity index (χ1n) is 6.51. The van der Waals surface area contributed by atoms with E-state index in [1.54, 1.807) is 5.57 Å². The van der Waals surface area contributed by atoms with Crippen molar-refractivity contribution < 1.29 is 4.79 Å². The van der Waals surface area contributed by atoms with Gasteiger partial charge in [-0.1, -0.05) is 37.8 Å². The Balaban J connectivity index is 2.28. The molecule has 0 radical (unpaired) electrons. The summed E-state index contributed by atoms with van der Waals surface area (Å²) in [5.41, 5.74) is 1.65. The largest absolute Gasteiger partial charge is 0.303 e. The third-order valence-electron chi connectivity index (χ3n) is 3.39. The highest BCUT2D eigenvalue weighted by molar-refractivity contribution is 5.49. The number of allylic oxidation sites excluding steroid dienone is 2. The van der Waals surface area contributed by atoms with E-state index in [0.29, 0.717) is 6.42 Å². The minimum absolute atomic E-state index is 0.700. The maximum absolute atomic E-state index is 10.2. The van der Waals surface area contributed by atoms with Crippen molar-refractivity contribution in [3.63, 3.8) is 0 Å². The summed E-state index contributed by atoms with van der Waals surface area (Å²) in [6.07, 6.45) is 14.5. The number of unbranched alkanes of at least 4 members (excludes halogenated alkanes) is 3. The minimum Gasteiger partial charge on any atom is -0.303 e. The molecule has 0 spiro atoms. The summed E-state index contributed by atoms with van der Waals surface area (Å²) in [6.45, 7) is 2.26.